The van der Waals surface area contributed by atoms with Crippen molar-refractivity contribution < 1.29 is 24.9 Å². The van der Waals surface area contributed by atoms with Crippen LogP contribution >= 0.6 is 0 Å². The third-order valence-electron chi connectivity index (χ3n) is 5.13. The highest BCUT2D eigenvalue weighted by Gasteiger charge is 2.37. The van der Waals surface area contributed by atoms with E-state index in [0.717, 1.165) is 11.1 Å². The van der Waals surface area contributed by atoms with Gasteiger partial charge < -0.3 is 20.1 Å². The first-order valence-electron chi connectivity index (χ1n) is 8.42. The zero-order chi connectivity index (χ0) is 19.0. The van der Waals surface area contributed by atoms with Gasteiger partial charge in [-0.25, -0.2) is 0 Å². The molecule has 1 aliphatic rings. The van der Waals surface area contributed by atoms with Crippen LogP contribution in [0, 0.1) is 5.92 Å². The van der Waals surface area contributed by atoms with Crippen molar-refractivity contribution in [3.8, 4) is 23.0 Å². The predicted molar refractivity (Wildman–Crippen MR) is 98.1 cm³/mol. The van der Waals surface area contributed by atoms with E-state index in [1.54, 1.807) is 12.1 Å². The number of aromatic hydroxyl groups is 3. The van der Waals surface area contributed by atoms with Gasteiger partial charge in [-0.15, -0.1) is 0 Å². The predicted octanol–water partition coefficient (Wildman–Crippen LogP) is 3.92. The van der Waals surface area contributed by atoms with Crippen LogP contribution < -0.4 is 4.74 Å². The number of benzene rings is 2. The topological polar surface area (TPSA) is 87.0 Å². The summed E-state index contributed by atoms with van der Waals surface area (Å²) < 4.78 is 5.22. The van der Waals surface area contributed by atoms with E-state index >= 15 is 0 Å². The number of rotatable bonds is 5. The number of carbonyl (C=O) groups is 1. The summed E-state index contributed by atoms with van der Waals surface area (Å²) in [4.78, 5) is 12.9. The number of ether oxygens (including phenoxy) is 1. The van der Waals surface area contributed by atoms with E-state index in [9.17, 15) is 20.1 Å². The number of hydrogen-bond acceptors (Lipinski definition) is 5. The van der Waals surface area contributed by atoms with Crippen LogP contribution in [0.5, 0.6) is 23.0 Å². The van der Waals surface area contributed by atoms with E-state index < -0.39 is 0 Å². The number of phenolic OH excluding ortho intramolecular Hbond substituents is 3. The first-order chi connectivity index (χ1) is 12.3. The molecule has 0 aliphatic heterocycles. The first-order valence-corrected chi connectivity index (χ1v) is 8.42. The summed E-state index contributed by atoms with van der Waals surface area (Å²) in [6.45, 7) is 5.94. The van der Waals surface area contributed by atoms with Crippen molar-refractivity contribution >= 4 is 5.78 Å². The summed E-state index contributed by atoms with van der Waals surface area (Å²) >= 11 is 0. The molecule has 2 atom stereocenters. The van der Waals surface area contributed by atoms with E-state index in [2.05, 4.69) is 6.58 Å². The summed E-state index contributed by atoms with van der Waals surface area (Å²) in [5, 5.41) is 29.5. The van der Waals surface area contributed by atoms with E-state index in [4.69, 9.17) is 4.74 Å². The Labute approximate surface area is 152 Å². The third-order valence-corrected chi connectivity index (χ3v) is 5.13. The van der Waals surface area contributed by atoms with Gasteiger partial charge in [0.2, 0.25) is 0 Å². The number of Topliss-reactive ketones (excluding diaryl/α,β-unsaturated/α-hetero) is 1. The number of ketones is 1. The lowest BCUT2D eigenvalue weighted by atomic mass is 9.83. The van der Waals surface area contributed by atoms with Crippen molar-refractivity contribution in [2.75, 3.05) is 7.11 Å². The molecular formula is C21H22O5. The maximum absolute atomic E-state index is 12.9. The normalized spacial score (nSPS) is 18.4. The molecule has 0 saturated carbocycles. The Morgan fingerprint density at radius 1 is 1.23 bits per heavy atom. The molecule has 0 unspecified atom stereocenters. The molecule has 26 heavy (non-hydrogen) atoms. The van der Waals surface area contributed by atoms with Crippen LogP contribution in [0.3, 0.4) is 0 Å². The summed E-state index contributed by atoms with van der Waals surface area (Å²) in [6, 6.07) is 7.64. The fraction of sp³-hybridized carbons (Fsp3) is 0.286. The number of fused-ring (bicyclic) bond motifs is 1. The fourth-order valence-electron chi connectivity index (χ4n) is 3.77. The Morgan fingerprint density at radius 2 is 1.96 bits per heavy atom. The standard InChI is InChI=1S/C21H22O5/c1-11(2)15-9-17-13(6-7-18(23)21(17)25)16(15)10-19(24)14-5-4-12(22)8-20(14)26-3/h4-8,15-16,22-23,25H,1,9-10H2,2-3H3/t15-,16+/m0/s1. The lowest BCUT2D eigenvalue weighted by Gasteiger charge is -2.20. The van der Waals surface area contributed by atoms with Crippen molar-refractivity contribution in [3.63, 3.8) is 0 Å². The van der Waals surface area contributed by atoms with Crippen LogP contribution in [0.25, 0.3) is 0 Å². The Hall–Kier alpha value is -2.95. The largest absolute Gasteiger partial charge is 0.508 e. The van der Waals surface area contributed by atoms with Gasteiger partial charge >= 0.3 is 0 Å². The molecule has 0 radical (unpaired) electrons. The lowest BCUT2D eigenvalue weighted by molar-refractivity contribution is 0.0965. The molecule has 3 rings (SSSR count). The highest BCUT2D eigenvalue weighted by Crippen LogP contribution is 2.49. The average Bonchev–Trinajstić information content (AvgIpc) is 2.97. The number of methoxy groups -OCH3 is 1. The van der Waals surface area contributed by atoms with Gasteiger partial charge in [-0.05, 0) is 48.9 Å². The van der Waals surface area contributed by atoms with Crippen molar-refractivity contribution in [3.05, 3.63) is 59.2 Å². The molecule has 0 bridgehead atoms. The molecule has 0 heterocycles. The number of carbonyl (C=O) groups excluding carboxylic acids is 1. The van der Waals surface area contributed by atoms with Gasteiger partial charge in [0.25, 0.3) is 0 Å². The maximum Gasteiger partial charge on any atom is 0.167 e. The van der Waals surface area contributed by atoms with Crippen LogP contribution in [0.15, 0.2) is 42.5 Å². The van der Waals surface area contributed by atoms with Gasteiger partial charge in [0, 0.05) is 18.1 Å². The highest BCUT2D eigenvalue weighted by molar-refractivity contribution is 5.99. The molecule has 0 amide bonds. The minimum atomic E-state index is -0.156. The molecule has 5 nitrogen and oxygen atoms in total. The monoisotopic (exact) mass is 354 g/mol. The van der Waals surface area contributed by atoms with Gasteiger partial charge in [-0.1, -0.05) is 18.2 Å². The second-order valence-electron chi connectivity index (χ2n) is 6.78. The summed E-state index contributed by atoms with van der Waals surface area (Å²) in [5.41, 5.74) is 2.87. The first kappa shape index (κ1) is 17.9. The molecule has 2 aromatic rings. The van der Waals surface area contributed by atoms with Gasteiger partial charge in [-0.3, -0.25) is 4.79 Å². The van der Waals surface area contributed by atoms with Gasteiger partial charge in [-0.2, -0.15) is 0 Å². The molecule has 5 heteroatoms. The van der Waals surface area contributed by atoms with Crippen molar-refractivity contribution in [2.24, 2.45) is 5.92 Å². The van der Waals surface area contributed by atoms with Crippen molar-refractivity contribution in [1.82, 2.24) is 0 Å². The molecule has 1 aliphatic carbocycles. The van der Waals surface area contributed by atoms with Gasteiger partial charge in [0.15, 0.2) is 17.3 Å². The molecule has 0 saturated heterocycles. The van der Waals surface area contributed by atoms with Crippen molar-refractivity contribution in [1.29, 1.82) is 0 Å². The number of allylic oxidation sites excluding steroid dienone is 1. The smallest absolute Gasteiger partial charge is 0.167 e. The molecule has 0 spiro atoms. The number of hydrogen-bond donors (Lipinski definition) is 3. The zero-order valence-electron chi connectivity index (χ0n) is 14.8. The van der Waals surface area contributed by atoms with E-state index in [1.165, 1.54) is 25.3 Å². The van der Waals surface area contributed by atoms with Crippen LogP contribution in [0.4, 0.5) is 0 Å². The van der Waals surface area contributed by atoms with Gasteiger partial charge in [0.1, 0.15) is 11.5 Å². The molecule has 0 fully saturated rings. The summed E-state index contributed by atoms with van der Waals surface area (Å²) in [7, 11) is 1.45. The molecule has 3 N–H and O–H groups in total. The van der Waals surface area contributed by atoms with Crippen LogP contribution in [0.1, 0.15) is 40.7 Å². The van der Waals surface area contributed by atoms with Crippen LogP contribution in [-0.4, -0.2) is 28.2 Å². The van der Waals surface area contributed by atoms with E-state index in [-0.39, 0.29) is 41.3 Å². The summed E-state index contributed by atoms with van der Waals surface area (Å²) in [5.74, 6) is -0.163. The van der Waals surface area contributed by atoms with Crippen LogP contribution in [0.2, 0.25) is 0 Å². The fourth-order valence-corrected chi connectivity index (χ4v) is 3.77. The highest BCUT2D eigenvalue weighted by atomic mass is 16.5. The minimum Gasteiger partial charge on any atom is -0.508 e. The van der Waals surface area contributed by atoms with Crippen molar-refractivity contribution in [2.45, 2.75) is 25.7 Å². The van der Waals surface area contributed by atoms with E-state index in [0.29, 0.717) is 23.3 Å². The molecular weight excluding hydrogens is 332 g/mol. The number of phenols is 3. The Morgan fingerprint density at radius 3 is 2.62 bits per heavy atom. The zero-order valence-corrected chi connectivity index (χ0v) is 14.8. The third kappa shape index (κ3) is 3.01. The lowest BCUT2D eigenvalue weighted by Crippen LogP contribution is -2.14. The molecule has 0 aromatic heterocycles. The van der Waals surface area contributed by atoms with E-state index in [1.807, 2.05) is 6.92 Å². The molecule has 2 aromatic carbocycles. The SMILES string of the molecule is C=C(C)[C@@H]1Cc2c(ccc(O)c2O)[C@H]1CC(=O)c1ccc(O)cc1OC. The summed E-state index contributed by atoms with van der Waals surface area (Å²) in [6.07, 6.45) is 0.755. The van der Waals surface area contributed by atoms with Gasteiger partial charge in [0.05, 0.1) is 12.7 Å². The quantitative estimate of drug-likeness (QED) is 0.430. The maximum atomic E-state index is 12.9. The Kier molecular flexibility index (Phi) is 4.64. The second-order valence-corrected chi connectivity index (χ2v) is 6.78. The minimum absolute atomic E-state index is 0.00441. The molecule has 136 valence electrons. The second kappa shape index (κ2) is 6.75. The average molecular weight is 354 g/mol. The Bertz CT molecular complexity index is 884. The Balaban J connectivity index is 1.97. The van der Waals surface area contributed by atoms with Crippen LogP contribution in [-0.2, 0) is 6.42 Å².